The minimum atomic E-state index is -0.284. The van der Waals surface area contributed by atoms with Crippen LogP contribution in [0.5, 0.6) is 0 Å². The van der Waals surface area contributed by atoms with Gasteiger partial charge in [-0.15, -0.1) is 0 Å². The van der Waals surface area contributed by atoms with Crippen molar-refractivity contribution in [2.45, 2.75) is 25.8 Å². The fourth-order valence-corrected chi connectivity index (χ4v) is 1.92. The summed E-state index contributed by atoms with van der Waals surface area (Å²) >= 11 is 0. The number of carbonyl (C=O) groups excluding carboxylic acids is 1. The minimum Gasteiger partial charge on any atom is -0.356 e. The summed E-state index contributed by atoms with van der Waals surface area (Å²) in [6.07, 6.45) is 7.67. The van der Waals surface area contributed by atoms with Crippen LogP contribution in [0.15, 0.2) is 43.0 Å². The van der Waals surface area contributed by atoms with Crippen LogP contribution < -0.4 is 5.32 Å². The number of halogens is 1. The summed E-state index contributed by atoms with van der Waals surface area (Å²) in [7, 11) is 0. The van der Waals surface area contributed by atoms with Crippen LogP contribution in [-0.2, 0) is 17.8 Å². The van der Waals surface area contributed by atoms with E-state index in [0.717, 1.165) is 24.9 Å². The number of amides is 1. The summed E-state index contributed by atoms with van der Waals surface area (Å²) in [5.74, 6) is -0.312. The number of nitrogens with one attached hydrogen (secondary N) is 1. The number of aromatic nitrogens is 2. The number of unbranched alkanes of at least 4 members (excludes halogenated alkanes) is 1. The smallest absolute Gasteiger partial charge is 0.224 e. The van der Waals surface area contributed by atoms with Gasteiger partial charge in [0.1, 0.15) is 5.82 Å². The van der Waals surface area contributed by atoms with E-state index >= 15 is 0 Å². The lowest BCUT2D eigenvalue weighted by atomic mass is 10.1. The van der Waals surface area contributed by atoms with Gasteiger partial charge in [0.2, 0.25) is 5.91 Å². The molecule has 0 radical (unpaired) electrons. The molecule has 20 heavy (non-hydrogen) atoms. The third-order valence-electron chi connectivity index (χ3n) is 3.00. The molecule has 5 heteroatoms. The first-order valence-electron chi connectivity index (χ1n) is 6.71. The number of rotatable bonds is 7. The molecule has 1 aromatic carbocycles. The second-order valence-electron chi connectivity index (χ2n) is 4.66. The van der Waals surface area contributed by atoms with E-state index < -0.39 is 0 Å². The zero-order valence-electron chi connectivity index (χ0n) is 11.3. The van der Waals surface area contributed by atoms with E-state index in [1.54, 1.807) is 24.7 Å². The average Bonchev–Trinajstić information content (AvgIpc) is 2.94. The second-order valence-corrected chi connectivity index (χ2v) is 4.66. The number of hydrogen-bond donors (Lipinski definition) is 1. The highest BCUT2D eigenvalue weighted by Gasteiger charge is 2.02. The summed E-state index contributed by atoms with van der Waals surface area (Å²) in [6, 6.07) is 6.00. The molecule has 1 heterocycles. The van der Waals surface area contributed by atoms with E-state index in [-0.39, 0.29) is 11.7 Å². The largest absolute Gasteiger partial charge is 0.356 e. The molecule has 0 atom stereocenters. The maximum absolute atomic E-state index is 12.7. The molecule has 1 aromatic heterocycles. The Labute approximate surface area is 117 Å². The number of benzene rings is 1. The molecule has 0 bridgehead atoms. The topological polar surface area (TPSA) is 46.9 Å². The molecule has 0 saturated carbocycles. The third-order valence-corrected chi connectivity index (χ3v) is 3.00. The van der Waals surface area contributed by atoms with E-state index in [9.17, 15) is 9.18 Å². The average molecular weight is 275 g/mol. The zero-order valence-corrected chi connectivity index (χ0v) is 11.3. The van der Waals surface area contributed by atoms with E-state index in [1.807, 2.05) is 10.8 Å². The van der Waals surface area contributed by atoms with Crippen molar-refractivity contribution < 1.29 is 9.18 Å². The van der Waals surface area contributed by atoms with Crippen molar-refractivity contribution in [1.82, 2.24) is 14.9 Å². The van der Waals surface area contributed by atoms with Crippen LogP contribution in [0.2, 0.25) is 0 Å². The van der Waals surface area contributed by atoms with Crippen LogP contribution in [0.25, 0.3) is 0 Å². The van der Waals surface area contributed by atoms with Gasteiger partial charge >= 0.3 is 0 Å². The summed E-state index contributed by atoms with van der Waals surface area (Å²) in [4.78, 5) is 15.6. The number of carbonyl (C=O) groups is 1. The molecule has 0 aliphatic rings. The fraction of sp³-hybridized carbons (Fsp3) is 0.333. The molecule has 1 N–H and O–H groups in total. The van der Waals surface area contributed by atoms with Gasteiger partial charge in [-0.05, 0) is 30.5 Å². The van der Waals surface area contributed by atoms with Gasteiger partial charge in [0.05, 0.1) is 12.7 Å². The van der Waals surface area contributed by atoms with Gasteiger partial charge in [-0.25, -0.2) is 9.37 Å². The SMILES string of the molecule is O=C(Cc1ccc(F)cc1)NCCCCn1ccnc1. The van der Waals surface area contributed by atoms with Crippen molar-refractivity contribution in [3.05, 3.63) is 54.4 Å². The second kappa shape index (κ2) is 7.43. The monoisotopic (exact) mass is 275 g/mol. The van der Waals surface area contributed by atoms with Gasteiger partial charge < -0.3 is 9.88 Å². The summed E-state index contributed by atoms with van der Waals surface area (Å²) in [5, 5.41) is 2.87. The first-order valence-corrected chi connectivity index (χ1v) is 6.71. The summed E-state index contributed by atoms with van der Waals surface area (Å²) in [5.41, 5.74) is 0.822. The van der Waals surface area contributed by atoms with Crippen molar-refractivity contribution in [3.63, 3.8) is 0 Å². The van der Waals surface area contributed by atoms with Crippen LogP contribution in [-0.4, -0.2) is 22.0 Å². The van der Waals surface area contributed by atoms with Gasteiger partial charge in [0, 0.05) is 25.5 Å². The highest BCUT2D eigenvalue weighted by atomic mass is 19.1. The van der Waals surface area contributed by atoms with Crippen LogP contribution in [0.1, 0.15) is 18.4 Å². The molecule has 2 rings (SSSR count). The Hall–Kier alpha value is -2.17. The predicted octanol–water partition coefficient (Wildman–Crippen LogP) is 2.16. The van der Waals surface area contributed by atoms with Gasteiger partial charge in [0.25, 0.3) is 0 Å². The Morgan fingerprint density at radius 1 is 1.25 bits per heavy atom. The van der Waals surface area contributed by atoms with E-state index in [1.165, 1.54) is 12.1 Å². The van der Waals surface area contributed by atoms with Crippen LogP contribution in [0, 0.1) is 5.82 Å². The Morgan fingerprint density at radius 2 is 2.05 bits per heavy atom. The molecule has 0 aliphatic heterocycles. The lowest BCUT2D eigenvalue weighted by Crippen LogP contribution is -2.26. The van der Waals surface area contributed by atoms with Crippen molar-refractivity contribution >= 4 is 5.91 Å². The van der Waals surface area contributed by atoms with Crippen LogP contribution in [0.3, 0.4) is 0 Å². The van der Waals surface area contributed by atoms with Crippen molar-refractivity contribution in [3.8, 4) is 0 Å². The van der Waals surface area contributed by atoms with Crippen LogP contribution >= 0.6 is 0 Å². The van der Waals surface area contributed by atoms with Gasteiger partial charge in [-0.2, -0.15) is 0 Å². The molecule has 1 amide bonds. The number of aryl methyl sites for hydroxylation is 1. The molecular weight excluding hydrogens is 257 g/mol. The lowest BCUT2D eigenvalue weighted by molar-refractivity contribution is -0.120. The molecule has 2 aromatic rings. The fourth-order valence-electron chi connectivity index (χ4n) is 1.92. The number of hydrogen-bond acceptors (Lipinski definition) is 2. The minimum absolute atomic E-state index is 0.0285. The van der Waals surface area contributed by atoms with Crippen molar-refractivity contribution in [2.75, 3.05) is 6.54 Å². The molecule has 0 saturated heterocycles. The van der Waals surface area contributed by atoms with Gasteiger partial charge in [-0.3, -0.25) is 4.79 Å². The summed E-state index contributed by atoms with van der Waals surface area (Å²) < 4.78 is 14.7. The number of nitrogens with zero attached hydrogens (tertiary/aromatic N) is 2. The number of imidazole rings is 1. The predicted molar refractivity (Wildman–Crippen MR) is 74.6 cm³/mol. The highest BCUT2D eigenvalue weighted by molar-refractivity contribution is 5.78. The first-order chi connectivity index (χ1) is 9.74. The normalized spacial score (nSPS) is 10.4. The van der Waals surface area contributed by atoms with Crippen molar-refractivity contribution in [1.29, 1.82) is 0 Å². The molecule has 106 valence electrons. The van der Waals surface area contributed by atoms with Crippen LogP contribution in [0.4, 0.5) is 4.39 Å². The zero-order chi connectivity index (χ0) is 14.2. The standard InChI is InChI=1S/C15H18FN3O/c16-14-5-3-13(4-6-14)11-15(20)18-7-1-2-9-19-10-8-17-12-19/h3-6,8,10,12H,1-2,7,9,11H2,(H,18,20). The Kier molecular flexibility index (Phi) is 5.29. The van der Waals surface area contributed by atoms with E-state index in [4.69, 9.17) is 0 Å². The molecule has 0 spiro atoms. The van der Waals surface area contributed by atoms with E-state index in [0.29, 0.717) is 13.0 Å². The maximum Gasteiger partial charge on any atom is 0.224 e. The molecule has 0 unspecified atom stereocenters. The van der Waals surface area contributed by atoms with Gasteiger partial charge in [-0.1, -0.05) is 12.1 Å². The lowest BCUT2D eigenvalue weighted by Gasteiger charge is -2.06. The molecule has 0 aliphatic carbocycles. The molecular formula is C15H18FN3O. The Balaban J connectivity index is 1.59. The quantitative estimate of drug-likeness (QED) is 0.787. The maximum atomic E-state index is 12.7. The molecule has 0 fully saturated rings. The van der Waals surface area contributed by atoms with E-state index in [2.05, 4.69) is 10.3 Å². The highest BCUT2D eigenvalue weighted by Crippen LogP contribution is 2.03. The molecule has 4 nitrogen and oxygen atoms in total. The third kappa shape index (κ3) is 4.84. The van der Waals surface area contributed by atoms with Crippen molar-refractivity contribution in [2.24, 2.45) is 0 Å². The Bertz CT molecular complexity index is 523. The van der Waals surface area contributed by atoms with Gasteiger partial charge in [0.15, 0.2) is 0 Å². The first kappa shape index (κ1) is 14.2. The Morgan fingerprint density at radius 3 is 2.75 bits per heavy atom. The summed E-state index contributed by atoms with van der Waals surface area (Å²) in [6.45, 7) is 1.57.